The zero-order chi connectivity index (χ0) is 8.81. The molecule has 0 fully saturated rings. The lowest BCUT2D eigenvalue weighted by Crippen LogP contribution is -2.33. The molecular weight excluding hydrogens is 152 g/mol. The van der Waals surface area contributed by atoms with Crippen molar-refractivity contribution in [1.82, 2.24) is 15.9 Å². The maximum Gasteiger partial charge on any atom is 0.141 e. The molecule has 0 saturated carbocycles. The van der Waals surface area contributed by atoms with Crippen molar-refractivity contribution in [2.45, 2.75) is 13.3 Å². The summed E-state index contributed by atoms with van der Waals surface area (Å²) in [7, 11) is 1.79. The van der Waals surface area contributed by atoms with Gasteiger partial charge in [-0.1, -0.05) is 13.0 Å². The fraction of sp³-hybridized carbons (Fsp3) is 0.375. The predicted octanol–water partition coefficient (Wildman–Crippen LogP) is 0.695. The molecule has 0 bridgehead atoms. The van der Waals surface area contributed by atoms with E-state index in [9.17, 15) is 0 Å². The largest absolute Gasteiger partial charge is 0.292 e. The van der Waals surface area contributed by atoms with E-state index in [-0.39, 0.29) is 0 Å². The molecule has 0 aromatic carbocycles. The highest BCUT2D eigenvalue weighted by molar-refractivity contribution is 5.33. The Bertz CT molecular complexity index is 219. The van der Waals surface area contributed by atoms with Crippen LogP contribution in [-0.2, 0) is 6.42 Å². The van der Waals surface area contributed by atoms with E-state index in [1.54, 1.807) is 7.05 Å². The minimum Gasteiger partial charge on any atom is -0.292 e. The SMILES string of the molecule is CCc1ccc(NNNC)nc1. The van der Waals surface area contributed by atoms with Gasteiger partial charge in [-0.2, -0.15) is 5.53 Å². The second-order valence-corrected chi connectivity index (χ2v) is 2.41. The van der Waals surface area contributed by atoms with Crippen molar-refractivity contribution in [3.05, 3.63) is 23.9 Å². The van der Waals surface area contributed by atoms with Crippen molar-refractivity contribution in [2.24, 2.45) is 0 Å². The van der Waals surface area contributed by atoms with E-state index in [4.69, 9.17) is 0 Å². The lowest BCUT2D eigenvalue weighted by molar-refractivity contribution is 0.675. The monoisotopic (exact) mass is 166 g/mol. The Morgan fingerprint density at radius 2 is 2.25 bits per heavy atom. The zero-order valence-electron chi connectivity index (χ0n) is 7.39. The first-order chi connectivity index (χ1) is 5.86. The van der Waals surface area contributed by atoms with Gasteiger partial charge in [-0.25, -0.2) is 10.4 Å². The molecule has 0 aliphatic rings. The van der Waals surface area contributed by atoms with Gasteiger partial charge in [0.25, 0.3) is 0 Å². The number of hydrogen-bond acceptors (Lipinski definition) is 4. The van der Waals surface area contributed by atoms with Gasteiger partial charge in [0.2, 0.25) is 0 Å². The van der Waals surface area contributed by atoms with Crippen molar-refractivity contribution in [2.75, 3.05) is 12.5 Å². The Labute approximate surface area is 72.3 Å². The van der Waals surface area contributed by atoms with Crippen molar-refractivity contribution in [1.29, 1.82) is 0 Å². The average Bonchev–Trinajstić information content (AvgIpc) is 2.15. The Hall–Kier alpha value is -1.13. The van der Waals surface area contributed by atoms with Crippen LogP contribution in [0.1, 0.15) is 12.5 Å². The van der Waals surface area contributed by atoms with Crippen LogP contribution in [0.15, 0.2) is 18.3 Å². The molecule has 66 valence electrons. The Morgan fingerprint density at radius 3 is 2.75 bits per heavy atom. The highest BCUT2D eigenvalue weighted by Crippen LogP contribution is 2.03. The Balaban J connectivity index is 2.53. The van der Waals surface area contributed by atoms with Crippen molar-refractivity contribution in [3.8, 4) is 0 Å². The normalized spacial score (nSPS) is 9.83. The second kappa shape index (κ2) is 4.69. The number of nitrogens with one attached hydrogen (secondary N) is 3. The van der Waals surface area contributed by atoms with Crippen LogP contribution in [0.25, 0.3) is 0 Å². The first kappa shape index (κ1) is 8.96. The third kappa shape index (κ3) is 2.48. The standard InChI is InChI=1S/C8H14N4/c1-3-7-4-5-8(10-6-7)11-12-9-2/h4-6,9,12H,3H2,1-2H3,(H,10,11). The summed E-state index contributed by atoms with van der Waals surface area (Å²) in [4.78, 5) is 4.17. The maximum atomic E-state index is 4.17. The molecule has 0 unspecified atom stereocenters. The first-order valence-corrected chi connectivity index (χ1v) is 3.99. The predicted molar refractivity (Wildman–Crippen MR) is 49.4 cm³/mol. The molecule has 1 rings (SSSR count). The maximum absolute atomic E-state index is 4.17. The molecule has 0 aliphatic heterocycles. The minimum absolute atomic E-state index is 0.807. The fourth-order valence-corrected chi connectivity index (χ4v) is 0.834. The lowest BCUT2D eigenvalue weighted by atomic mass is 10.2. The van der Waals surface area contributed by atoms with Gasteiger partial charge in [0.05, 0.1) is 0 Å². The van der Waals surface area contributed by atoms with Gasteiger partial charge in [-0.3, -0.25) is 5.43 Å². The third-order valence-corrected chi connectivity index (χ3v) is 1.55. The van der Waals surface area contributed by atoms with Crippen molar-refractivity contribution < 1.29 is 0 Å². The Kier molecular flexibility index (Phi) is 3.50. The molecule has 1 aromatic rings. The van der Waals surface area contributed by atoms with Gasteiger partial charge < -0.3 is 0 Å². The summed E-state index contributed by atoms with van der Waals surface area (Å²) in [6.07, 6.45) is 2.88. The number of rotatable bonds is 4. The summed E-state index contributed by atoms with van der Waals surface area (Å²) in [6, 6.07) is 3.98. The van der Waals surface area contributed by atoms with E-state index in [1.807, 2.05) is 18.3 Å². The van der Waals surface area contributed by atoms with Gasteiger partial charge in [-0.05, 0) is 18.1 Å². The number of aryl methyl sites for hydroxylation is 1. The average molecular weight is 166 g/mol. The van der Waals surface area contributed by atoms with Crippen LogP contribution in [0.2, 0.25) is 0 Å². The lowest BCUT2D eigenvalue weighted by Gasteiger charge is -2.05. The number of hydrogen-bond donors (Lipinski definition) is 3. The molecule has 0 amide bonds. The van der Waals surface area contributed by atoms with Crippen LogP contribution in [0.5, 0.6) is 0 Å². The van der Waals surface area contributed by atoms with Crippen LogP contribution in [0.3, 0.4) is 0 Å². The molecular formula is C8H14N4. The summed E-state index contributed by atoms with van der Waals surface area (Å²) < 4.78 is 0. The van der Waals surface area contributed by atoms with Crippen LogP contribution >= 0.6 is 0 Å². The van der Waals surface area contributed by atoms with Gasteiger partial charge in [0.1, 0.15) is 5.82 Å². The van der Waals surface area contributed by atoms with Crippen LogP contribution < -0.4 is 16.4 Å². The van der Waals surface area contributed by atoms with E-state index in [0.717, 1.165) is 12.2 Å². The molecule has 4 nitrogen and oxygen atoms in total. The smallest absolute Gasteiger partial charge is 0.141 e. The number of hydrazine groups is 2. The van der Waals surface area contributed by atoms with E-state index >= 15 is 0 Å². The third-order valence-electron chi connectivity index (χ3n) is 1.55. The van der Waals surface area contributed by atoms with Gasteiger partial charge in [0, 0.05) is 13.2 Å². The van der Waals surface area contributed by atoms with E-state index < -0.39 is 0 Å². The molecule has 0 atom stereocenters. The van der Waals surface area contributed by atoms with Crippen LogP contribution in [0, 0.1) is 0 Å². The summed E-state index contributed by atoms with van der Waals surface area (Å²) in [6.45, 7) is 2.11. The number of pyridine rings is 1. The molecule has 0 spiro atoms. The van der Waals surface area contributed by atoms with Gasteiger partial charge in [0.15, 0.2) is 0 Å². The summed E-state index contributed by atoms with van der Waals surface area (Å²) in [5.74, 6) is 0.807. The van der Waals surface area contributed by atoms with Crippen LogP contribution in [-0.4, -0.2) is 12.0 Å². The van der Waals surface area contributed by atoms with E-state index in [2.05, 4.69) is 28.3 Å². The van der Waals surface area contributed by atoms with E-state index in [0.29, 0.717) is 0 Å². The molecule has 3 N–H and O–H groups in total. The Morgan fingerprint density at radius 1 is 1.42 bits per heavy atom. The quantitative estimate of drug-likeness (QED) is 0.576. The van der Waals surface area contributed by atoms with Gasteiger partial charge in [-0.15, -0.1) is 0 Å². The molecule has 4 heteroatoms. The molecule has 0 aliphatic carbocycles. The molecule has 1 heterocycles. The molecule has 0 saturated heterocycles. The summed E-state index contributed by atoms with van der Waals surface area (Å²) in [5, 5.41) is 0. The minimum atomic E-state index is 0.807. The van der Waals surface area contributed by atoms with Crippen LogP contribution in [0.4, 0.5) is 5.82 Å². The zero-order valence-corrected chi connectivity index (χ0v) is 7.39. The highest BCUT2D eigenvalue weighted by atomic mass is 15.6. The van der Waals surface area contributed by atoms with Crippen molar-refractivity contribution >= 4 is 5.82 Å². The van der Waals surface area contributed by atoms with E-state index in [1.165, 1.54) is 5.56 Å². The fourth-order valence-electron chi connectivity index (χ4n) is 0.834. The number of aromatic nitrogens is 1. The van der Waals surface area contributed by atoms with Crippen molar-refractivity contribution in [3.63, 3.8) is 0 Å². The molecule has 1 aromatic heterocycles. The topological polar surface area (TPSA) is 49.0 Å². The molecule has 0 radical (unpaired) electrons. The summed E-state index contributed by atoms with van der Waals surface area (Å²) >= 11 is 0. The molecule has 12 heavy (non-hydrogen) atoms. The van der Waals surface area contributed by atoms with Gasteiger partial charge >= 0.3 is 0 Å². The first-order valence-electron chi connectivity index (χ1n) is 3.99. The number of nitrogens with zero attached hydrogens (tertiary/aromatic N) is 1. The number of anilines is 1. The summed E-state index contributed by atoms with van der Waals surface area (Å²) in [5.41, 5.74) is 9.60. The second-order valence-electron chi connectivity index (χ2n) is 2.41. The highest BCUT2D eigenvalue weighted by Gasteiger charge is 1.91.